The number of piperazine rings is 1. The zero-order chi connectivity index (χ0) is 22.8. The maximum Gasteiger partial charge on any atom is 0.245 e. The van der Waals surface area contributed by atoms with Crippen LogP contribution in [-0.2, 0) is 20.9 Å². The molecule has 0 bridgehead atoms. The molecule has 1 aliphatic carbocycles. The SMILES string of the molecule is CC(C)CC(C(=O)N1CCN(Cc2ccccc2F)CC1)N1C(=O)C2CC=CCC2C1=O. The summed E-state index contributed by atoms with van der Waals surface area (Å²) in [7, 11) is 0. The summed E-state index contributed by atoms with van der Waals surface area (Å²) in [6, 6.07) is 6.01. The highest BCUT2D eigenvalue weighted by molar-refractivity contribution is 6.08. The smallest absolute Gasteiger partial charge is 0.245 e. The second-order valence-corrected chi connectivity index (χ2v) is 9.54. The van der Waals surface area contributed by atoms with Crippen LogP contribution in [0.2, 0.25) is 0 Å². The Morgan fingerprint density at radius 2 is 1.59 bits per heavy atom. The van der Waals surface area contributed by atoms with Gasteiger partial charge in [-0.15, -0.1) is 0 Å². The average molecular weight is 442 g/mol. The molecule has 3 amide bonds. The number of carbonyl (C=O) groups excluding carboxylic acids is 3. The number of hydrogen-bond donors (Lipinski definition) is 0. The van der Waals surface area contributed by atoms with Crippen molar-refractivity contribution >= 4 is 17.7 Å². The Labute approximate surface area is 189 Å². The lowest BCUT2D eigenvalue weighted by molar-refractivity contribution is -0.153. The maximum atomic E-state index is 14.0. The zero-order valence-electron chi connectivity index (χ0n) is 18.9. The molecule has 1 aromatic rings. The number of nitrogens with zero attached hydrogens (tertiary/aromatic N) is 3. The highest BCUT2D eigenvalue weighted by atomic mass is 19.1. The van der Waals surface area contributed by atoms with Gasteiger partial charge in [-0.1, -0.05) is 44.2 Å². The predicted molar refractivity (Wildman–Crippen MR) is 119 cm³/mol. The maximum absolute atomic E-state index is 14.0. The van der Waals surface area contributed by atoms with E-state index in [1.807, 2.05) is 32.1 Å². The summed E-state index contributed by atoms with van der Waals surface area (Å²) in [5.41, 5.74) is 0.648. The largest absolute Gasteiger partial charge is 0.338 e. The van der Waals surface area contributed by atoms with Gasteiger partial charge >= 0.3 is 0 Å². The Hall–Kier alpha value is -2.54. The fourth-order valence-corrected chi connectivity index (χ4v) is 5.10. The van der Waals surface area contributed by atoms with Gasteiger partial charge in [-0.05, 0) is 31.2 Å². The van der Waals surface area contributed by atoms with Gasteiger partial charge in [-0.2, -0.15) is 0 Å². The summed E-state index contributed by atoms with van der Waals surface area (Å²) in [6.45, 7) is 6.79. The summed E-state index contributed by atoms with van der Waals surface area (Å²) in [4.78, 5) is 44.9. The fraction of sp³-hybridized carbons (Fsp3) is 0.560. The molecule has 2 heterocycles. The van der Waals surface area contributed by atoms with E-state index in [0.29, 0.717) is 57.5 Å². The molecule has 0 saturated carbocycles. The molecule has 2 saturated heterocycles. The fourth-order valence-electron chi connectivity index (χ4n) is 5.10. The normalized spacial score (nSPS) is 24.9. The highest BCUT2D eigenvalue weighted by Crippen LogP contribution is 2.37. The number of likely N-dealkylation sites (tertiary alicyclic amines) is 1. The van der Waals surface area contributed by atoms with Crippen LogP contribution in [0.5, 0.6) is 0 Å². The van der Waals surface area contributed by atoms with Gasteiger partial charge in [0.05, 0.1) is 11.8 Å². The van der Waals surface area contributed by atoms with E-state index in [4.69, 9.17) is 0 Å². The number of benzene rings is 1. The van der Waals surface area contributed by atoms with E-state index >= 15 is 0 Å². The molecule has 0 spiro atoms. The van der Waals surface area contributed by atoms with Crippen molar-refractivity contribution < 1.29 is 18.8 Å². The van der Waals surface area contributed by atoms with E-state index in [2.05, 4.69) is 4.90 Å². The summed E-state index contributed by atoms with van der Waals surface area (Å²) < 4.78 is 14.0. The zero-order valence-corrected chi connectivity index (χ0v) is 18.9. The van der Waals surface area contributed by atoms with Crippen molar-refractivity contribution in [2.45, 2.75) is 45.7 Å². The van der Waals surface area contributed by atoms with Crippen LogP contribution in [0.4, 0.5) is 4.39 Å². The first-order valence-electron chi connectivity index (χ1n) is 11.6. The number of fused-ring (bicyclic) bond motifs is 1. The van der Waals surface area contributed by atoms with Crippen molar-refractivity contribution in [2.24, 2.45) is 17.8 Å². The molecule has 4 rings (SSSR count). The third-order valence-electron chi connectivity index (χ3n) is 6.87. The molecule has 2 fully saturated rings. The first kappa shape index (κ1) is 22.6. The summed E-state index contributed by atoms with van der Waals surface area (Å²) in [5.74, 6) is -1.22. The molecular formula is C25H32FN3O3. The minimum absolute atomic E-state index is 0.141. The molecule has 3 aliphatic rings. The Bertz CT molecular complexity index is 881. The second kappa shape index (κ2) is 9.53. The third kappa shape index (κ3) is 4.49. The number of amides is 3. The van der Waals surface area contributed by atoms with E-state index in [1.165, 1.54) is 11.0 Å². The van der Waals surface area contributed by atoms with Gasteiger partial charge in [0.1, 0.15) is 11.9 Å². The molecule has 32 heavy (non-hydrogen) atoms. The van der Waals surface area contributed by atoms with E-state index in [1.54, 1.807) is 17.0 Å². The third-order valence-corrected chi connectivity index (χ3v) is 6.87. The lowest BCUT2D eigenvalue weighted by Crippen LogP contribution is -2.56. The van der Waals surface area contributed by atoms with Crippen molar-refractivity contribution in [1.29, 1.82) is 0 Å². The summed E-state index contributed by atoms with van der Waals surface area (Å²) >= 11 is 0. The van der Waals surface area contributed by atoms with E-state index in [9.17, 15) is 18.8 Å². The number of rotatable bonds is 6. The molecule has 1 aromatic carbocycles. The van der Waals surface area contributed by atoms with Crippen LogP contribution >= 0.6 is 0 Å². The van der Waals surface area contributed by atoms with Crippen LogP contribution in [0.15, 0.2) is 36.4 Å². The molecule has 0 N–H and O–H groups in total. The molecule has 172 valence electrons. The van der Waals surface area contributed by atoms with E-state index < -0.39 is 6.04 Å². The van der Waals surface area contributed by atoms with Crippen LogP contribution in [0, 0.1) is 23.6 Å². The number of carbonyl (C=O) groups is 3. The van der Waals surface area contributed by atoms with Gasteiger partial charge in [-0.3, -0.25) is 24.2 Å². The predicted octanol–water partition coefficient (Wildman–Crippen LogP) is 2.84. The summed E-state index contributed by atoms with van der Waals surface area (Å²) in [5, 5.41) is 0. The molecule has 3 unspecified atom stereocenters. The Kier molecular flexibility index (Phi) is 6.74. The lowest BCUT2D eigenvalue weighted by atomic mass is 9.85. The molecule has 3 atom stereocenters. The molecule has 6 nitrogen and oxygen atoms in total. The first-order valence-corrected chi connectivity index (χ1v) is 11.6. The van der Waals surface area contributed by atoms with Gasteiger partial charge in [-0.25, -0.2) is 4.39 Å². The van der Waals surface area contributed by atoms with Crippen molar-refractivity contribution in [3.05, 3.63) is 47.8 Å². The van der Waals surface area contributed by atoms with Crippen LogP contribution < -0.4 is 0 Å². The number of allylic oxidation sites excluding steroid dienone is 2. The van der Waals surface area contributed by atoms with Gasteiger partial charge in [0.25, 0.3) is 0 Å². The van der Waals surface area contributed by atoms with Gasteiger partial charge in [0, 0.05) is 38.3 Å². The van der Waals surface area contributed by atoms with Crippen molar-refractivity contribution in [1.82, 2.24) is 14.7 Å². The topological polar surface area (TPSA) is 60.9 Å². The van der Waals surface area contributed by atoms with Crippen LogP contribution in [0.1, 0.15) is 38.7 Å². The Balaban J connectivity index is 1.43. The molecule has 7 heteroatoms. The van der Waals surface area contributed by atoms with Crippen LogP contribution in [-0.4, -0.2) is 64.6 Å². The van der Waals surface area contributed by atoms with E-state index in [-0.39, 0.29) is 41.3 Å². The number of halogens is 1. The molecular weight excluding hydrogens is 409 g/mol. The molecule has 2 aliphatic heterocycles. The van der Waals surface area contributed by atoms with Gasteiger partial charge in [0.15, 0.2) is 0 Å². The van der Waals surface area contributed by atoms with Crippen molar-refractivity contribution in [3.63, 3.8) is 0 Å². The van der Waals surface area contributed by atoms with E-state index in [0.717, 1.165) is 0 Å². The van der Waals surface area contributed by atoms with Crippen molar-refractivity contribution in [2.75, 3.05) is 26.2 Å². The molecule has 0 aromatic heterocycles. The lowest BCUT2D eigenvalue weighted by Gasteiger charge is -2.38. The standard InChI is InChI=1S/C25H32FN3O3/c1-17(2)15-22(29-23(30)19-8-4-5-9-20(19)24(29)31)25(32)28-13-11-27(12-14-28)16-18-7-3-6-10-21(18)26/h3-7,10,17,19-20,22H,8-9,11-16H2,1-2H3. The van der Waals surface area contributed by atoms with Gasteiger partial charge in [0.2, 0.25) is 17.7 Å². The average Bonchev–Trinajstić information content (AvgIpc) is 3.04. The minimum atomic E-state index is -0.737. The first-order chi connectivity index (χ1) is 15.4. The monoisotopic (exact) mass is 441 g/mol. The van der Waals surface area contributed by atoms with Crippen LogP contribution in [0.3, 0.4) is 0 Å². The van der Waals surface area contributed by atoms with Crippen molar-refractivity contribution in [3.8, 4) is 0 Å². The number of hydrogen-bond acceptors (Lipinski definition) is 4. The Morgan fingerprint density at radius 1 is 1.00 bits per heavy atom. The number of imide groups is 1. The quantitative estimate of drug-likeness (QED) is 0.503. The highest BCUT2D eigenvalue weighted by Gasteiger charge is 2.51. The minimum Gasteiger partial charge on any atom is -0.338 e. The molecule has 0 radical (unpaired) electrons. The Morgan fingerprint density at radius 3 is 2.16 bits per heavy atom. The second-order valence-electron chi connectivity index (χ2n) is 9.54. The van der Waals surface area contributed by atoms with Crippen LogP contribution in [0.25, 0.3) is 0 Å². The van der Waals surface area contributed by atoms with Gasteiger partial charge < -0.3 is 4.90 Å². The summed E-state index contributed by atoms with van der Waals surface area (Å²) in [6.07, 6.45) is 5.54.